The third-order valence-electron chi connectivity index (χ3n) is 3.56. The van der Waals surface area contributed by atoms with Crippen molar-refractivity contribution in [1.29, 1.82) is 0 Å². The van der Waals surface area contributed by atoms with Gasteiger partial charge in [0.15, 0.2) is 6.10 Å². The summed E-state index contributed by atoms with van der Waals surface area (Å²) in [7, 11) is 0. The summed E-state index contributed by atoms with van der Waals surface area (Å²) in [5.41, 5.74) is 2.00. The summed E-state index contributed by atoms with van der Waals surface area (Å²) >= 11 is 6.02. The topological polar surface area (TPSA) is 38.3 Å². The standard InChI is InChI=1S/C19H22ClNO2/c1-3-7-18(23-16-10-11-17(20)14(2)12-16)19(22)21-13-15-8-5-4-6-9-15/h4-6,8-12,18H,3,7,13H2,1-2H3,(H,21,22). The highest BCUT2D eigenvalue weighted by atomic mass is 35.5. The van der Waals surface area contributed by atoms with Crippen molar-refractivity contribution in [2.75, 3.05) is 0 Å². The highest BCUT2D eigenvalue weighted by Crippen LogP contribution is 2.22. The molecule has 0 saturated carbocycles. The first-order chi connectivity index (χ1) is 11.1. The first kappa shape index (κ1) is 17.4. The van der Waals surface area contributed by atoms with Gasteiger partial charge in [0.25, 0.3) is 5.91 Å². The number of amides is 1. The zero-order valence-corrected chi connectivity index (χ0v) is 14.3. The van der Waals surface area contributed by atoms with Crippen molar-refractivity contribution in [3.8, 4) is 5.75 Å². The molecule has 122 valence electrons. The number of ether oxygens (including phenoxy) is 1. The summed E-state index contributed by atoms with van der Waals surface area (Å²) in [6, 6.07) is 15.3. The second kappa shape index (κ2) is 8.59. The maximum atomic E-state index is 12.4. The zero-order valence-electron chi connectivity index (χ0n) is 13.5. The average Bonchev–Trinajstić information content (AvgIpc) is 2.56. The smallest absolute Gasteiger partial charge is 0.261 e. The van der Waals surface area contributed by atoms with E-state index in [4.69, 9.17) is 16.3 Å². The van der Waals surface area contributed by atoms with Gasteiger partial charge in [-0.15, -0.1) is 0 Å². The number of halogens is 1. The van der Waals surface area contributed by atoms with Gasteiger partial charge in [-0.2, -0.15) is 0 Å². The van der Waals surface area contributed by atoms with Gasteiger partial charge < -0.3 is 10.1 Å². The Morgan fingerprint density at radius 2 is 1.96 bits per heavy atom. The van der Waals surface area contributed by atoms with E-state index in [1.807, 2.05) is 50.2 Å². The van der Waals surface area contributed by atoms with Crippen molar-refractivity contribution >= 4 is 17.5 Å². The minimum absolute atomic E-state index is 0.0942. The van der Waals surface area contributed by atoms with Crippen LogP contribution >= 0.6 is 11.6 Å². The SMILES string of the molecule is CCCC(Oc1ccc(Cl)c(C)c1)C(=O)NCc1ccccc1. The van der Waals surface area contributed by atoms with Gasteiger partial charge in [0.1, 0.15) is 5.75 Å². The molecule has 1 unspecified atom stereocenters. The van der Waals surface area contributed by atoms with E-state index in [1.54, 1.807) is 12.1 Å². The van der Waals surface area contributed by atoms with Crippen LogP contribution in [-0.4, -0.2) is 12.0 Å². The molecule has 0 fully saturated rings. The minimum atomic E-state index is -0.496. The van der Waals surface area contributed by atoms with Crippen LogP contribution < -0.4 is 10.1 Å². The first-order valence-corrected chi connectivity index (χ1v) is 8.22. The van der Waals surface area contributed by atoms with E-state index in [0.717, 1.165) is 17.5 Å². The van der Waals surface area contributed by atoms with Crippen LogP contribution in [0.3, 0.4) is 0 Å². The van der Waals surface area contributed by atoms with E-state index in [0.29, 0.717) is 23.7 Å². The van der Waals surface area contributed by atoms with Crippen molar-refractivity contribution in [2.45, 2.75) is 39.3 Å². The molecule has 0 bridgehead atoms. The van der Waals surface area contributed by atoms with E-state index >= 15 is 0 Å². The Kier molecular flexibility index (Phi) is 6.48. The molecule has 23 heavy (non-hydrogen) atoms. The lowest BCUT2D eigenvalue weighted by Gasteiger charge is -2.19. The molecule has 0 saturated heterocycles. The average molecular weight is 332 g/mol. The molecule has 0 radical (unpaired) electrons. The highest BCUT2D eigenvalue weighted by molar-refractivity contribution is 6.31. The predicted octanol–water partition coefficient (Wildman–Crippen LogP) is 4.51. The summed E-state index contributed by atoms with van der Waals surface area (Å²) in [6.07, 6.45) is 1.04. The van der Waals surface area contributed by atoms with Gasteiger partial charge in [0.2, 0.25) is 0 Å². The normalized spacial score (nSPS) is 11.8. The third kappa shape index (κ3) is 5.29. The summed E-state index contributed by atoms with van der Waals surface area (Å²) in [5, 5.41) is 3.63. The number of benzene rings is 2. The summed E-state index contributed by atoms with van der Waals surface area (Å²) < 4.78 is 5.87. The van der Waals surface area contributed by atoms with Crippen LogP contribution in [0, 0.1) is 6.92 Å². The fourth-order valence-electron chi connectivity index (χ4n) is 2.26. The molecule has 0 aliphatic carbocycles. The lowest BCUT2D eigenvalue weighted by molar-refractivity contribution is -0.128. The molecule has 3 nitrogen and oxygen atoms in total. The van der Waals surface area contributed by atoms with Crippen molar-refractivity contribution < 1.29 is 9.53 Å². The van der Waals surface area contributed by atoms with Crippen LogP contribution in [0.4, 0.5) is 0 Å². The summed E-state index contributed by atoms with van der Waals surface area (Å²) in [6.45, 7) is 4.45. The first-order valence-electron chi connectivity index (χ1n) is 7.84. The Morgan fingerprint density at radius 1 is 1.22 bits per heavy atom. The molecule has 0 spiro atoms. The van der Waals surface area contributed by atoms with Crippen molar-refractivity contribution in [1.82, 2.24) is 5.32 Å². The van der Waals surface area contributed by atoms with Crippen molar-refractivity contribution in [2.24, 2.45) is 0 Å². The molecule has 2 aromatic rings. The van der Waals surface area contributed by atoms with Crippen LogP contribution in [0.5, 0.6) is 5.75 Å². The molecule has 1 atom stereocenters. The van der Waals surface area contributed by atoms with E-state index in [2.05, 4.69) is 5.32 Å². The number of carbonyl (C=O) groups excluding carboxylic acids is 1. The molecule has 4 heteroatoms. The van der Waals surface area contributed by atoms with Crippen LogP contribution in [0.15, 0.2) is 48.5 Å². The van der Waals surface area contributed by atoms with Gasteiger partial charge in [0, 0.05) is 11.6 Å². The summed E-state index contributed by atoms with van der Waals surface area (Å²) in [5.74, 6) is 0.573. The fraction of sp³-hybridized carbons (Fsp3) is 0.316. The highest BCUT2D eigenvalue weighted by Gasteiger charge is 2.19. The van der Waals surface area contributed by atoms with Crippen molar-refractivity contribution in [3.63, 3.8) is 0 Å². The molecular formula is C19H22ClNO2. The van der Waals surface area contributed by atoms with Crippen LogP contribution in [0.1, 0.15) is 30.9 Å². The van der Waals surface area contributed by atoms with Crippen LogP contribution in [0.2, 0.25) is 5.02 Å². The van der Waals surface area contributed by atoms with Gasteiger partial charge in [-0.25, -0.2) is 0 Å². The largest absolute Gasteiger partial charge is 0.481 e. The van der Waals surface area contributed by atoms with E-state index < -0.39 is 6.10 Å². The lowest BCUT2D eigenvalue weighted by Crippen LogP contribution is -2.38. The Morgan fingerprint density at radius 3 is 2.61 bits per heavy atom. The molecule has 1 amide bonds. The molecular weight excluding hydrogens is 310 g/mol. The monoisotopic (exact) mass is 331 g/mol. The van der Waals surface area contributed by atoms with Gasteiger partial charge in [0.05, 0.1) is 0 Å². The quantitative estimate of drug-likeness (QED) is 0.810. The maximum Gasteiger partial charge on any atom is 0.261 e. The Balaban J connectivity index is 1.99. The Bertz CT molecular complexity index is 643. The fourth-order valence-corrected chi connectivity index (χ4v) is 2.38. The molecule has 0 aliphatic heterocycles. The summed E-state index contributed by atoms with van der Waals surface area (Å²) in [4.78, 5) is 12.4. The van der Waals surface area contributed by atoms with Crippen LogP contribution in [-0.2, 0) is 11.3 Å². The third-order valence-corrected chi connectivity index (χ3v) is 3.98. The van der Waals surface area contributed by atoms with E-state index in [1.165, 1.54) is 0 Å². The second-order valence-corrected chi connectivity index (χ2v) is 5.92. The zero-order chi connectivity index (χ0) is 16.7. The van der Waals surface area contributed by atoms with Gasteiger partial charge in [-0.05, 0) is 42.7 Å². The number of hydrogen-bond acceptors (Lipinski definition) is 2. The van der Waals surface area contributed by atoms with Gasteiger partial charge >= 0.3 is 0 Å². The second-order valence-electron chi connectivity index (χ2n) is 5.51. The van der Waals surface area contributed by atoms with Gasteiger partial charge in [-0.3, -0.25) is 4.79 Å². The number of nitrogens with one attached hydrogen (secondary N) is 1. The molecule has 0 aliphatic rings. The van der Waals surface area contributed by atoms with E-state index in [-0.39, 0.29) is 5.91 Å². The molecule has 0 aromatic heterocycles. The Hall–Kier alpha value is -2.00. The molecule has 1 N–H and O–H groups in total. The van der Waals surface area contributed by atoms with Crippen LogP contribution in [0.25, 0.3) is 0 Å². The molecule has 0 heterocycles. The number of aryl methyl sites for hydroxylation is 1. The lowest BCUT2D eigenvalue weighted by atomic mass is 10.1. The number of rotatable bonds is 7. The molecule has 2 rings (SSSR count). The van der Waals surface area contributed by atoms with Crippen molar-refractivity contribution in [3.05, 3.63) is 64.7 Å². The van der Waals surface area contributed by atoms with E-state index in [9.17, 15) is 4.79 Å². The number of hydrogen-bond donors (Lipinski definition) is 1. The predicted molar refractivity (Wildman–Crippen MR) is 93.8 cm³/mol. The maximum absolute atomic E-state index is 12.4. The Labute approximate surface area is 142 Å². The number of carbonyl (C=O) groups is 1. The van der Waals surface area contributed by atoms with Gasteiger partial charge in [-0.1, -0.05) is 55.3 Å². The molecule has 2 aromatic carbocycles. The minimum Gasteiger partial charge on any atom is -0.481 e.